The Morgan fingerprint density at radius 3 is 2.49 bits per heavy atom. The van der Waals surface area contributed by atoms with Gasteiger partial charge in [-0.1, -0.05) is 24.3 Å². The van der Waals surface area contributed by atoms with Crippen LogP contribution in [0.25, 0.3) is 16.8 Å². The van der Waals surface area contributed by atoms with E-state index in [4.69, 9.17) is 5.26 Å². The minimum absolute atomic E-state index is 0.0126. The summed E-state index contributed by atoms with van der Waals surface area (Å²) in [4.78, 5) is 31.4. The van der Waals surface area contributed by atoms with Gasteiger partial charge in [0.15, 0.2) is 6.19 Å². The molecule has 0 spiro atoms. The summed E-state index contributed by atoms with van der Waals surface area (Å²) in [6.45, 7) is 3.38. The smallest absolute Gasteiger partial charge is 0.348 e. The first-order valence-electron chi connectivity index (χ1n) is 12.1. The van der Waals surface area contributed by atoms with Crippen molar-refractivity contribution in [2.75, 3.05) is 0 Å². The third-order valence-electron chi connectivity index (χ3n) is 6.41. The van der Waals surface area contributed by atoms with Crippen molar-refractivity contribution >= 4 is 21.5 Å². The maximum absolute atomic E-state index is 13.6. The van der Waals surface area contributed by atoms with Crippen molar-refractivity contribution in [3.8, 4) is 23.0 Å². The van der Waals surface area contributed by atoms with Crippen molar-refractivity contribution in [2.24, 2.45) is 0 Å². The van der Waals surface area contributed by atoms with E-state index in [1.807, 2.05) is 0 Å². The molecule has 0 aliphatic carbocycles. The second-order valence-electron chi connectivity index (χ2n) is 9.16. The van der Waals surface area contributed by atoms with Crippen LogP contribution in [0, 0.1) is 25.3 Å². The maximum atomic E-state index is 13.6. The van der Waals surface area contributed by atoms with Gasteiger partial charge in [-0.25, -0.2) is 8.93 Å². The van der Waals surface area contributed by atoms with Crippen LogP contribution in [-0.4, -0.2) is 25.5 Å². The molecule has 0 saturated heterocycles. The molecule has 41 heavy (non-hydrogen) atoms. The van der Waals surface area contributed by atoms with Crippen molar-refractivity contribution in [2.45, 2.75) is 31.5 Å². The normalized spacial score (nSPS) is 12.7. The number of rotatable bonds is 7. The summed E-state index contributed by atoms with van der Waals surface area (Å²) in [5.74, 6) is 2.76. The molecule has 2 heterocycles. The Bertz CT molecular complexity index is 1840. The van der Waals surface area contributed by atoms with Crippen molar-refractivity contribution in [1.29, 1.82) is 5.26 Å². The van der Waals surface area contributed by atoms with Crippen LogP contribution in [0.3, 0.4) is 0 Å². The number of halogens is 3. The Kier molecular flexibility index (Phi) is 8.02. The molecule has 0 bridgehead atoms. The van der Waals surface area contributed by atoms with Crippen LogP contribution >= 0.6 is 0 Å². The first kappa shape index (κ1) is 29.1. The van der Waals surface area contributed by atoms with Crippen LogP contribution in [0.2, 0.25) is 0 Å². The number of aromatic nitrogens is 2. The van der Waals surface area contributed by atoms with Crippen molar-refractivity contribution in [3.63, 3.8) is 0 Å². The lowest BCUT2D eigenvalue weighted by Crippen LogP contribution is -2.31. The number of carbonyl (C=O) groups excluding carboxylic acids is 1. The minimum Gasteiger partial charge on any atom is -0.348 e. The summed E-state index contributed by atoms with van der Waals surface area (Å²) in [5, 5.41) is 11.4. The summed E-state index contributed by atoms with van der Waals surface area (Å²) in [6, 6.07) is 12.3. The van der Waals surface area contributed by atoms with Gasteiger partial charge in [0.25, 0.3) is 5.91 Å². The number of alkyl halides is 3. The highest BCUT2D eigenvalue weighted by atomic mass is 32.2. The van der Waals surface area contributed by atoms with Crippen molar-refractivity contribution in [3.05, 3.63) is 111 Å². The predicted molar refractivity (Wildman–Crippen MR) is 150 cm³/mol. The van der Waals surface area contributed by atoms with Gasteiger partial charge in [0, 0.05) is 30.2 Å². The van der Waals surface area contributed by atoms with Gasteiger partial charge in [-0.2, -0.15) is 18.4 Å². The van der Waals surface area contributed by atoms with Crippen LogP contribution in [0.4, 0.5) is 13.2 Å². The van der Waals surface area contributed by atoms with E-state index in [0.29, 0.717) is 16.9 Å². The maximum Gasteiger partial charge on any atom is 0.416 e. The largest absolute Gasteiger partial charge is 0.416 e. The lowest BCUT2D eigenvalue weighted by Gasteiger charge is -2.19. The van der Waals surface area contributed by atoms with E-state index in [9.17, 15) is 27.0 Å². The van der Waals surface area contributed by atoms with E-state index < -0.39 is 32.8 Å². The molecule has 0 aliphatic rings. The number of nitriles is 1. The Balaban J connectivity index is 1.77. The lowest BCUT2D eigenvalue weighted by atomic mass is 9.98. The number of nitrogens with zero attached hydrogens (tertiary/aromatic N) is 3. The zero-order valence-electron chi connectivity index (χ0n) is 22.0. The van der Waals surface area contributed by atoms with Crippen LogP contribution in [0.5, 0.6) is 0 Å². The molecular weight excluding hydrogens is 555 g/mol. The molecule has 8 nitrogen and oxygen atoms in total. The molecule has 0 fully saturated rings. The molecule has 1 atom stereocenters. The summed E-state index contributed by atoms with van der Waals surface area (Å²) in [6.07, 6.45) is 1.43. The number of amides is 1. The van der Waals surface area contributed by atoms with E-state index in [1.54, 1.807) is 49.0 Å². The van der Waals surface area contributed by atoms with Gasteiger partial charge < -0.3 is 9.88 Å². The molecule has 1 amide bonds. The molecule has 0 radical (unpaired) electrons. The Morgan fingerprint density at radius 1 is 1.15 bits per heavy atom. The SMILES string of the molecule is C=S(=O)(NC#N)c1ccc(CNC(=O)c2cn(-c3cnccc3C)c(C)c(-c3cccc(C(F)(F)F)c3)c2=O)cc1. The average Bonchev–Trinajstić information content (AvgIpc) is 2.92. The number of benzene rings is 2. The van der Waals surface area contributed by atoms with Gasteiger partial charge in [0.1, 0.15) is 5.56 Å². The van der Waals surface area contributed by atoms with E-state index in [0.717, 1.165) is 17.7 Å². The Morgan fingerprint density at radius 2 is 1.85 bits per heavy atom. The predicted octanol–water partition coefficient (Wildman–Crippen LogP) is 4.53. The van der Waals surface area contributed by atoms with Crippen LogP contribution in [0.1, 0.15) is 32.7 Å². The monoisotopic (exact) mass is 579 g/mol. The number of aryl methyl sites for hydroxylation is 1. The first-order valence-corrected chi connectivity index (χ1v) is 13.8. The first-order chi connectivity index (χ1) is 19.3. The fraction of sp³-hybridized carbons (Fsp3) is 0.138. The Hall–Kier alpha value is -4.89. The second-order valence-corrected chi connectivity index (χ2v) is 11.2. The molecule has 0 saturated carbocycles. The molecule has 0 aliphatic heterocycles. The zero-order chi connectivity index (χ0) is 29.9. The molecule has 1 unspecified atom stereocenters. The van der Waals surface area contributed by atoms with E-state index in [2.05, 4.69) is 20.9 Å². The number of hydrogen-bond donors (Lipinski definition) is 2. The number of nitrogens with one attached hydrogen (secondary N) is 2. The third kappa shape index (κ3) is 6.15. The lowest BCUT2D eigenvalue weighted by molar-refractivity contribution is -0.137. The summed E-state index contributed by atoms with van der Waals surface area (Å²) in [5.41, 5.74) is 0.285. The standard InChI is InChI=1S/C29H24F3N5O3S/c1-18-11-12-34-15-25(18)37-16-24(27(38)26(19(37)2)21-5-4-6-22(13-21)29(30,31)32)28(39)35-14-20-7-9-23(10-8-20)41(3,40)36-17-33/h4-13,15-16H,3,14H2,1-2H3,(H,35,39)(H,36,40). The zero-order valence-corrected chi connectivity index (χ0v) is 22.8. The van der Waals surface area contributed by atoms with Gasteiger partial charge in [-0.05, 0) is 66.7 Å². The van der Waals surface area contributed by atoms with Gasteiger partial charge in [0.2, 0.25) is 5.43 Å². The van der Waals surface area contributed by atoms with Crippen LogP contribution in [-0.2, 0) is 22.4 Å². The number of hydrogen-bond acceptors (Lipinski definition) is 5. The highest BCUT2D eigenvalue weighted by molar-refractivity contribution is 7.98. The molecule has 2 aromatic carbocycles. The van der Waals surface area contributed by atoms with Crippen molar-refractivity contribution < 1.29 is 22.2 Å². The Labute approximate surface area is 234 Å². The molecular formula is C29H24F3N5O3S. The highest BCUT2D eigenvalue weighted by Gasteiger charge is 2.31. The summed E-state index contributed by atoms with van der Waals surface area (Å²) < 4.78 is 56.6. The van der Waals surface area contributed by atoms with E-state index in [1.165, 1.54) is 36.7 Å². The summed E-state index contributed by atoms with van der Waals surface area (Å²) in [7, 11) is -3.01. The highest BCUT2D eigenvalue weighted by Crippen LogP contribution is 2.33. The molecule has 12 heteroatoms. The number of carbonyl (C=O) groups is 1. The van der Waals surface area contributed by atoms with Gasteiger partial charge in [-0.15, -0.1) is 0 Å². The molecule has 2 aromatic heterocycles. The minimum atomic E-state index is -4.63. The van der Waals surface area contributed by atoms with E-state index in [-0.39, 0.29) is 28.1 Å². The van der Waals surface area contributed by atoms with Gasteiger partial charge in [-0.3, -0.25) is 14.6 Å². The van der Waals surface area contributed by atoms with Crippen LogP contribution in [0.15, 0.2) is 82.9 Å². The molecule has 2 N–H and O–H groups in total. The van der Waals surface area contributed by atoms with Gasteiger partial charge >= 0.3 is 6.18 Å². The average molecular weight is 580 g/mol. The fourth-order valence-electron chi connectivity index (χ4n) is 4.25. The van der Waals surface area contributed by atoms with E-state index >= 15 is 0 Å². The molecule has 210 valence electrons. The van der Waals surface area contributed by atoms with Crippen molar-refractivity contribution in [1.82, 2.24) is 19.6 Å². The third-order valence-corrected chi connectivity index (χ3v) is 7.87. The molecule has 4 aromatic rings. The fourth-order valence-corrected chi connectivity index (χ4v) is 5.09. The molecule has 4 rings (SSSR count). The summed E-state index contributed by atoms with van der Waals surface area (Å²) >= 11 is 0. The topological polar surface area (TPSA) is 117 Å². The quantitative estimate of drug-likeness (QED) is 0.190. The second kappa shape index (κ2) is 11.3. The number of pyridine rings is 2. The van der Waals surface area contributed by atoms with Gasteiger partial charge in [0.05, 0.1) is 32.1 Å². The van der Waals surface area contributed by atoms with Crippen LogP contribution < -0.4 is 15.5 Å².